The van der Waals surface area contributed by atoms with E-state index in [1.165, 1.54) is 82.8 Å². The van der Waals surface area contributed by atoms with Crippen molar-refractivity contribution in [1.29, 1.82) is 0 Å². The number of hydrogen-bond donors (Lipinski definition) is 0. The Bertz CT molecular complexity index is 2570. The van der Waals surface area contributed by atoms with Gasteiger partial charge < -0.3 is 13.8 Å². The first-order valence-electron chi connectivity index (χ1n) is 15.2. The van der Waals surface area contributed by atoms with Crippen LogP contribution in [0, 0.1) is 0 Å². The third-order valence-corrected chi connectivity index (χ3v) is 10.5. The van der Waals surface area contributed by atoms with Gasteiger partial charge in [-0.15, -0.1) is 0 Å². The first-order valence-corrected chi connectivity index (χ1v) is 15.2. The van der Waals surface area contributed by atoms with Crippen molar-refractivity contribution in [2.75, 3.05) is 4.90 Å². The molecule has 8 aromatic rings. The summed E-state index contributed by atoms with van der Waals surface area (Å²) in [5, 5.41) is 4.92. The van der Waals surface area contributed by atoms with Gasteiger partial charge in [0.15, 0.2) is 5.58 Å². The molecule has 0 aliphatic carbocycles. The monoisotopic (exact) mass is 548 g/mol. The Morgan fingerprint density at radius 1 is 0.651 bits per heavy atom. The number of rotatable bonds is 0. The maximum Gasteiger partial charge on any atom is 0.333 e. The second-order valence-electron chi connectivity index (χ2n) is 12.9. The van der Waals surface area contributed by atoms with Crippen LogP contribution in [-0.4, -0.2) is 11.3 Å². The highest BCUT2D eigenvalue weighted by Crippen LogP contribution is 2.55. The summed E-state index contributed by atoms with van der Waals surface area (Å²) in [6.07, 6.45) is 0. The van der Waals surface area contributed by atoms with Gasteiger partial charge in [0.1, 0.15) is 5.58 Å². The van der Waals surface area contributed by atoms with Crippen LogP contribution in [0.25, 0.3) is 54.9 Å². The average molecular weight is 548 g/mol. The van der Waals surface area contributed by atoms with Crippen LogP contribution in [0.4, 0.5) is 17.1 Å². The third-order valence-electron chi connectivity index (χ3n) is 10.5. The highest BCUT2D eigenvalue weighted by atomic mass is 16.3. The minimum atomic E-state index is -0.133. The Balaban J connectivity index is 1.42. The molecule has 43 heavy (non-hydrogen) atoms. The molecule has 6 aromatic carbocycles. The van der Waals surface area contributed by atoms with Crippen LogP contribution in [0.15, 0.2) is 120 Å². The molecule has 3 nitrogen and oxygen atoms in total. The Morgan fingerprint density at radius 3 is 2.33 bits per heavy atom. The number of para-hydroxylation sites is 4. The summed E-state index contributed by atoms with van der Waals surface area (Å²) in [7, 11) is 0. The van der Waals surface area contributed by atoms with E-state index >= 15 is 0 Å². The van der Waals surface area contributed by atoms with Gasteiger partial charge in [-0.2, -0.15) is 0 Å². The standard InChI is InChI=1S/C39H25BN2O/c1-39(2)27-16-6-7-19-30(27)41-31-21-22-11-3-4-12-23(22)33-25-14-9-15-26-35(25)42(36-24-13-5-8-20-32(24)43-38(26)36)40(34(31)33)29-18-10-17-28(39)37(29)41/h3-21H,1-2H3. The number of furan rings is 1. The molecule has 0 bridgehead atoms. The predicted octanol–water partition coefficient (Wildman–Crippen LogP) is 8.75. The van der Waals surface area contributed by atoms with Crippen LogP contribution in [0.1, 0.15) is 25.0 Å². The van der Waals surface area contributed by atoms with E-state index in [4.69, 9.17) is 4.42 Å². The van der Waals surface area contributed by atoms with E-state index in [1.807, 2.05) is 0 Å². The fourth-order valence-electron chi connectivity index (χ4n) is 8.78. The summed E-state index contributed by atoms with van der Waals surface area (Å²) in [6, 6.07) is 42.6. The second-order valence-corrected chi connectivity index (χ2v) is 12.9. The number of hydrogen-bond acceptors (Lipinski definition) is 2. The second kappa shape index (κ2) is 7.22. The van der Waals surface area contributed by atoms with E-state index in [1.54, 1.807) is 0 Å². The molecule has 11 rings (SSSR count). The van der Waals surface area contributed by atoms with Gasteiger partial charge >= 0.3 is 6.85 Å². The van der Waals surface area contributed by atoms with Gasteiger partial charge in [0.25, 0.3) is 0 Å². The van der Waals surface area contributed by atoms with E-state index in [-0.39, 0.29) is 12.3 Å². The summed E-state index contributed by atoms with van der Waals surface area (Å²) in [5.41, 5.74) is 16.2. The predicted molar refractivity (Wildman–Crippen MR) is 179 cm³/mol. The smallest absolute Gasteiger partial charge is 0.333 e. The molecule has 3 aliphatic heterocycles. The van der Waals surface area contributed by atoms with Gasteiger partial charge in [-0.3, -0.25) is 0 Å². The third kappa shape index (κ3) is 2.41. The van der Waals surface area contributed by atoms with E-state index in [2.05, 4.69) is 138 Å². The van der Waals surface area contributed by atoms with Gasteiger partial charge in [0.2, 0.25) is 0 Å². The van der Waals surface area contributed by atoms with Crippen LogP contribution in [-0.2, 0) is 5.41 Å². The Labute approximate surface area is 248 Å². The van der Waals surface area contributed by atoms with E-state index in [0.29, 0.717) is 0 Å². The normalized spacial score (nSPS) is 15.3. The summed E-state index contributed by atoms with van der Waals surface area (Å²) < 4.78 is 9.29. The largest absolute Gasteiger partial charge is 0.454 e. The van der Waals surface area contributed by atoms with E-state index < -0.39 is 0 Å². The van der Waals surface area contributed by atoms with Crippen LogP contribution in [0.3, 0.4) is 0 Å². The first kappa shape index (κ1) is 22.4. The minimum absolute atomic E-state index is 0.0118. The highest BCUT2D eigenvalue weighted by molar-refractivity contribution is 6.90. The average Bonchev–Trinajstić information content (AvgIpc) is 3.57. The maximum absolute atomic E-state index is 6.67. The summed E-state index contributed by atoms with van der Waals surface area (Å²) in [4.78, 5) is 2.58. The SMILES string of the molecule is CC1(C)c2ccccc2N2c3cc4ccccc4c4c3B(c3cccc1c32)n1c2c-4cccc2c2oc3ccccc3c21. The van der Waals surface area contributed by atoms with Crippen LogP contribution >= 0.6 is 0 Å². The quantitative estimate of drug-likeness (QED) is 0.177. The molecule has 0 N–H and O–H groups in total. The minimum Gasteiger partial charge on any atom is -0.454 e. The number of fused-ring (bicyclic) bond motifs is 13. The highest BCUT2D eigenvalue weighted by Gasteiger charge is 2.48. The first-order chi connectivity index (χ1) is 21.1. The molecular weight excluding hydrogens is 523 g/mol. The lowest BCUT2D eigenvalue weighted by atomic mass is 9.44. The van der Waals surface area contributed by atoms with Gasteiger partial charge in [0.05, 0.1) is 11.2 Å². The van der Waals surface area contributed by atoms with Crippen LogP contribution in [0.2, 0.25) is 0 Å². The van der Waals surface area contributed by atoms with Crippen LogP contribution < -0.4 is 15.8 Å². The lowest BCUT2D eigenvalue weighted by Gasteiger charge is -2.48. The zero-order valence-corrected chi connectivity index (χ0v) is 23.8. The molecule has 5 heterocycles. The molecule has 3 aliphatic rings. The van der Waals surface area contributed by atoms with Crippen molar-refractivity contribution in [3.8, 4) is 11.1 Å². The summed E-state index contributed by atoms with van der Waals surface area (Å²) in [5.74, 6) is 0. The Kier molecular flexibility index (Phi) is 3.76. The fourth-order valence-corrected chi connectivity index (χ4v) is 8.78. The topological polar surface area (TPSA) is 21.3 Å². The van der Waals surface area contributed by atoms with Gasteiger partial charge in [0, 0.05) is 38.6 Å². The molecule has 200 valence electrons. The number of aromatic nitrogens is 1. The van der Waals surface area contributed by atoms with E-state index in [9.17, 15) is 0 Å². The maximum atomic E-state index is 6.67. The van der Waals surface area contributed by atoms with Crippen molar-refractivity contribution >= 4 is 78.6 Å². The number of nitrogens with zero attached hydrogens (tertiary/aromatic N) is 2. The van der Waals surface area contributed by atoms with Crippen molar-refractivity contribution in [3.63, 3.8) is 0 Å². The molecule has 0 fully saturated rings. The van der Waals surface area contributed by atoms with Crippen molar-refractivity contribution < 1.29 is 4.42 Å². The summed E-state index contributed by atoms with van der Waals surface area (Å²) in [6.45, 7) is 4.77. The molecule has 0 atom stereocenters. The molecule has 0 saturated carbocycles. The zero-order chi connectivity index (χ0) is 28.2. The van der Waals surface area contributed by atoms with Gasteiger partial charge in [-0.05, 0) is 68.7 Å². The Morgan fingerprint density at radius 2 is 1.40 bits per heavy atom. The Hall–Kier alpha value is -5.22. The molecule has 0 amide bonds. The summed E-state index contributed by atoms with van der Waals surface area (Å²) >= 11 is 0. The van der Waals surface area contributed by atoms with Gasteiger partial charge in [-0.25, -0.2) is 0 Å². The van der Waals surface area contributed by atoms with Crippen molar-refractivity contribution in [2.24, 2.45) is 0 Å². The van der Waals surface area contributed by atoms with Crippen molar-refractivity contribution in [1.82, 2.24) is 4.48 Å². The fraction of sp³-hybridized carbons (Fsp3) is 0.0769. The van der Waals surface area contributed by atoms with Gasteiger partial charge in [-0.1, -0.05) is 98.8 Å². The molecular formula is C39H25BN2O. The van der Waals surface area contributed by atoms with Crippen LogP contribution in [0.5, 0.6) is 0 Å². The zero-order valence-electron chi connectivity index (χ0n) is 23.8. The molecule has 0 unspecified atom stereocenters. The molecule has 4 heteroatoms. The molecule has 0 radical (unpaired) electrons. The van der Waals surface area contributed by atoms with E-state index in [0.717, 1.165) is 11.2 Å². The molecule has 0 saturated heterocycles. The number of anilines is 3. The molecule has 2 aromatic heterocycles. The molecule has 0 spiro atoms. The lowest BCUT2D eigenvalue weighted by molar-refractivity contribution is 0.632. The number of benzene rings is 6. The van der Waals surface area contributed by atoms with Crippen molar-refractivity contribution in [3.05, 3.63) is 126 Å². The lowest BCUT2D eigenvalue weighted by Crippen LogP contribution is -2.58. The van der Waals surface area contributed by atoms with Crippen molar-refractivity contribution in [2.45, 2.75) is 19.3 Å².